The molecule has 0 aliphatic rings. The molecule has 0 unspecified atom stereocenters. The van der Waals surface area contributed by atoms with Gasteiger partial charge >= 0.3 is 0 Å². The molecule has 192 valence electrons. The summed E-state index contributed by atoms with van der Waals surface area (Å²) in [4.78, 5) is 14.9. The highest BCUT2D eigenvalue weighted by molar-refractivity contribution is 6.14. The van der Waals surface area contributed by atoms with Gasteiger partial charge in [0.2, 0.25) is 0 Å². The van der Waals surface area contributed by atoms with Crippen molar-refractivity contribution in [2.75, 3.05) is 0 Å². The molecule has 5 aromatic heterocycles. The molecule has 0 saturated heterocycles. The van der Waals surface area contributed by atoms with Crippen molar-refractivity contribution in [1.29, 1.82) is 0 Å². The van der Waals surface area contributed by atoms with Crippen LogP contribution in [0, 0.1) is 0 Å². The van der Waals surface area contributed by atoms with Crippen LogP contribution in [0.4, 0.5) is 0 Å². The van der Waals surface area contributed by atoms with Crippen LogP contribution >= 0.6 is 0 Å². The minimum atomic E-state index is 0.875. The van der Waals surface area contributed by atoms with Crippen LogP contribution in [-0.2, 0) is 0 Å². The Morgan fingerprint density at radius 2 is 1.25 bits per heavy atom. The molecular formula is C35H27N5. The van der Waals surface area contributed by atoms with Crippen LogP contribution in [0.25, 0.3) is 66.6 Å². The van der Waals surface area contributed by atoms with Gasteiger partial charge in [0, 0.05) is 28.2 Å². The zero-order valence-corrected chi connectivity index (χ0v) is 22.4. The van der Waals surface area contributed by atoms with Crippen molar-refractivity contribution in [3.63, 3.8) is 0 Å². The third-order valence-electron chi connectivity index (χ3n) is 7.21. The molecule has 0 aliphatic carbocycles. The van der Waals surface area contributed by atoms with Gasteiger partial charge in [-0.1, -0.05) is 80.6 Å². The van der Waals surface area contributed by atoms with E-state index in [2.05, 4.69) is 94.1 Å². The van der Waals surface area contributed by atoms with Gasteiger partial charge in [-0.3, -0.25) is 14.5 Å². The maximum Gasteiger partial charge on any atom is 0.146 e. The molecule has 8 aromatic rings. The fourth-order valence-electron chi connectivity index (χ4n) is 5.52. The first-order chi connectivity index (χ1) is 19.9. The SMILES string of the molecule is CC.c1ccc(-c2ccc(-n3c4cccnc4c4nc5c(cc43)c3ccccc3n5-c3ccccc3)cn2)cc1. The van der Waals surface area contributed by atoms with E-state index >= 15 is 0 Å². The lowest BCUT2D eigenvalue weighted by atomic mass is 10.1. The van der Waals surface area contributed by atoms with Crippen LogP contribution < -0.4 is 0 Å². The summed E-state index contributed by atoms with van der Waals surface area (Å²) in [7, 11) is 0. The molecular weight excluding hydrogens is 490 g/mol. The van der Waals surface area contributed by atoms with Gasteiger partial charge in [0.05, 0.1) is 34.1 Å². The number of rotatable bonds is 3. The largest absolute Gasteiger partial charge is 0.304 e. The van der Waals surface area contributed by atoms with Crippen LogP contribution in [-0.4, -0.2) is 24.1 Å². The summed E-state index contributed by atoms with van der Waals surface area (Å²) >= 11 is 0. The molecule has 0 N–H and O–H groups in total. The summed E-state index contributed by atoms with van der Waals surface area (Å²) in [6, 6.07) is 39.7. The average Bonchev–Trinajstić information content (AvgIpc) is 3.54. The van der Waals surface area contributed by atoms with Gasteiger partial charge in [-0.05, 0) is 48.5 Å². The highest BCUT2D eigenvalue weighted by Gasteiger charge is 2.20. The average molecular weight is 518 g/mol. The van der Waals surface area contributed by atoms with Crippen molar-refractivity contribution < 1.29 is 0 Å². The Bertz CT molecular complexity index is 2110. The number of nitrogens with zero attached hydrogens (tertiary/aromatic N) is 5. The Labute approximate surface area is 232 Å². The summed E-state index contributed by atoms with van der Waals surface area (Å²) in [5.41, 5.74) is 9.93. The molecule has 0 spiro atoms. The standard InChI is InChI=1S/C33H21N5.C2H6/c1-3-10-22(11-4-1)27-18-17-24(21-35-27)37-29-16-9-19-34-31(29)32-30(37)20-26-25-14-7-8-15-28(25)38(33(26)36-32)23-12-5-2-6-13-23;1-2/h1-21H;1-2H3. The molecule has 0 amide bonds. The lowest BCUT2D eigenvalue weighted by molar-refractivity contribution is 1.13. The van der Waals surface area contributed by atoms with Gasteiger partial charge < -0.3 is 4.57 Å². The number of fused-ring (bicyclic) bond motifs is 6. The maximum atomic E-state index is 5.29. The van der Waals surface area contributed by atoms with E-state index in [1.54, 1.807) is 0 Å². The monoisotopic (exact) mass is 517 g/mol. The first-order valence-electron chi connectivity index (χ1n) is 13.6. The van der Waals surface area contributed by atoms with Gasteiger partial charge in [0.15, 0.2) is 0 Å². The molecule has 40 heavy (non-hydrogen) atoms. The van der Waals surface area contributed by atoms with Gasteiger partial charge in [0.25, 0.3) is 0 Å². The molecule has 0 atom stereocenters. The molecule has 0 aliphatic heterocycles. The van der Waals surface area contributed by atoms with Gasteiger partial charge in [-0.2, -0.15) is 0 Å². The molecule has 0 saturated carbocycles. The van der Waals surface area contributed by atoms with Crippen LogP contribution in [0.15, 0.2) is 128 Å². The number of para-hydroxylation sites is 2. The summed E-state index contributed by atoms with van der Waals surface area (Å²) < 4.78 is 4.47. The van der Waals surface area contributed by atoms with Crippen LogP contribution in [0.5, 0.6) is 0 Å². The normalized spacial score (nSPS) is 11.2. The van der Waals surface area contributed by atoms with Crippen LogP contribution in [0.3, 0.4) is 0 Å². The van der Waals surface area contributed by atoms with Crippen molar-refractivity contribution in [3.05, 3.63) is 128 Å². The van der Waals surface area contributed by atoms with Crippen molar-refractivity contribution in [1.82, 2.24) is 24.1 Å². The van der Waals surface area contributed by atoms with E-state index in [0.29, 0.717) is 0 Å². The highest BCUT2D eigenvalue weighted by atomic mass is 15.1. The second-order valence-corrected chi connectivity index (χ2v) is 9.39. The lowest BCUT2D eigenvalue weighted by Gasteiger charge is -2.09. The third-order valence-corrected chi connectivity index (χ3v) is 7.21. The van der Waals surface area contributed by atoms with Crippen molar-refractivity contribution in [3.8, 4) is 22.6 Å². The molecule has 5 heterocycles. The quantitative estimate of drug-likeness (QED) is 0.235. The fourth-order valence-corrected chi connectivity index (χ4v) is 5.52. The van der Waals surface area contributed by atoms with E-state index in [9.17, 15) is 0 Å². The summed E-state index contributed by atoms with van der Waals surface area (Å²) in [6.07, 6.45) is 3.77. The van der Waals surface area contributed by atoms with Crippen LogP contribution in [0.2, 0.25) is 0 Å². The smallest absolute Gasteiger partial charge is 0.146 e. The molecule has 5 heteroatoms. The Kier molecular flexibility index (Phi) is 5.82. The van der Waals surface area contributed by atoms with E-state index in [1.807, 2.05) is 56.6 Å². The summed E-state index contributed by atoms with van der Waals surface area (Å²) in [6.45, 7) is 4.00. The minimum absolute atomic E-state index is 0.875. The molecule has 3 aromatic carbocycles. The van der Waals surface area contributed by atoms with Gasteiger partial charge in [0.1, 0.15) is 16.7 Å². The Balaban J connectivity index is 0.00000130. The molecule has 0 radical (unpaired) electrons. The predicted octanol–water partition coefficient (Wildman–Crippen LogP) is 8.76. The molecule has 0 bridgehead atoms. The number of aromatic nitrogens is 5. The molecule has 0 fully saturated rings. The highest BCUT2D eigenvalue weighted by Crippen LogP contribution is 2.37. The predicted molar refractivity (Wildman–Crippen MR) is 165 cm³/mol. The van der Waals surface area contributed by atoms with Crippen molar-refractivity contribution in [2.24, 2.45) is 0 Å². The van der Waals surface area contributed by atoms with E-state index in [0.717, 1.165) is 61.2 Å². The second kappa shape index (κ2) is 9.79. The maximum absolute atomic E-state index is 5.29. The number of benzene rings is 3. The van der Waals surface area contributed by atoms with E-state index in [4.69, 9.17) is 15.0 Å². The summed E-state index contributed by atoms with van der Waals surface area (Å²) in [5.74, 6) is 0. The number of pyridine rings is 3. The van der Waals surface area contributed by atoms with E-state index in [1.165, 1.54) is 5.39 Å². The molecule has 5 nitrogen and oxygen atoms in total. The van der Waals surface area contributed by atoms with Crippen molar-refractivity contribution in [2.45, 2.75) is 13.8 Å². The van der Waals surface area contributed by atoms with Gasteiger partial charge in [-0.25, -0.2) is 4.98 Å². The lowest BCUT2D eigenvalue weighted by Crippen LogP contribution is -1.97. The van der Waals surface area contributed by atoms with E-state index in [-0.39, 0.29) is 0 Å². The Morgan fingerprint density at radius 3 is 2.02 bits per heavy atom. The first kappa shape index (κ1) is 23.8. The zero-order valence-electron chi connectivity index (χ0n) is 22.4. The van der Waals surface area contributed by atoms with Gasteiger partial charge in [-0.15, -0.1) is 0 Å². The minimum Gasteiger partial charge on any atom is -0.304 e. The molecule has 8 rings (SSSR count). The number of hydrogen-bond donors (Lipinski definition) is 0. The third kappa shape index (κ3) is 3.67. The fraction of sp³-hybridized carbons (Fsp3) is 0.0571. The van der Waals surface area contributed by atoms with E-state index < -0.39 is 0 Å². The van der Waals surface area contributed by atoms with Crippen LogP contribution in [0.1, 0.15) is 13.8 Å². The Hall–Kier alpha value is -5.29. The topological polar surface area (TPSA) is 48.5 Å². The Morgan fingerprint density at radius 1 is 0.525 bits per heavy atom. The van der Waals surface area contributed by atoms with Crippen molar-refractivity contribution >= 4 is 44.0 Å². The second-order valence-electron chi connectivity index (χ2n) is 9.39. The number of hydrogen-bond acceptors (Lipinski definition) is 3. The summed E-state index contributed by atoms with van der Waals surface area (Å²) in [5, 5.41) is 2.28. The first-order valence-corrected chi connectivity index (χ1v) is 13.6. The zero-order chi connectivity index (χ0) is 27.1.